The van der Waals surface area contributed by atoms with E-state index < -0.39 is 0 Å². The molecule has 0 saturated carbocycles. The van der Waals surface area contributed by atoms with Crippen LogP contribution in [0.2, 0.25) is 0 Å². The fourth-order valence-corrected chi connectivity index (χ4v) is 2.71. The first kappa shape index (κ1) is 20.5. The second-order valence-electron chi connectivity index (χ2n) is 4.70. The molecule has 0 spiro atoms. The number of halogens is 2. The van der Waals surface area contributed by atoms with Crippen LogP contribution in [0.15, 0.2) is 50.9 Å². The van der Waals surface area contributed by atoms with Gasteiger partial charge in [0.25, 0.3) is 0 Å². The Hall–Kier alpha value is -1.59. The number of carbonyl (C=O) groups is 1. The van der Waals surface area contributed by atoms with Gasteiger partial charge in [0, 0.05) is 14.5 Å². The third kappa shape index (κ3) is 5.21. The van der Waals surface area contributed by atoms with E-state index in [2.05, 4.69) is 31.9 Å². The lowest BCUT2D eigenvalue weighted by molar-refractivity contribution is 0.103. The Balaban J connectivity index is 0.00000139. The van der Waals surface area contributed by atoms with Gasteiger partial charge in [-0.1, -0.05) is 51.8 Å². The van der Waals surface area contributed by atoms with Gasteiger partial charge in [-0.05, 0) is 48.9 Å². The molecular weight excluding hydrogens is 436 g/mol. The van der Waals surface area contributed by atoms with Gasteiger partial charge in [-0.25, -0.2) is 0 Å². The van der Waals surface area contributed by atoms with E-state index in [1.54, 1.807) is 32.2 Å². The number of rotatable bonds is 4. The molecule has 0 atom stereocenters. The van der Waals surface area contributed by atoms with Crippen LogP contribution in [0.3, 0.4) is 0 Å². The van der Waals surface area contributed by atoms with Crippen molar-refractivity contribution in [3.05, 3.63) is 62.0 Å². The summed E-state index contributed by atoms with van der Waals surface area (Å²) in [6.07, 6.45) is 1.74. The molecule has 0 radical (unpaired) electrons. The summed E-state index contributed by atoms with van der Waals surface area (Å²) >= 11 is 6.68. The minimum absolute atomic E-state index is 0.0382. The maximum Gasteiger partial charge on any atom is 0.192 e. The molecule has 0 aliphatic carbocycles. The van der Waals surface area contributed by atoms with Crippen molar-refractivity contribution < 1.29 is 14.6 Å². The van der Waals surface area contributed by atoms with Crippen LogP contribution in [-0.4, -0.2) is 18.0 Å². The fraction of sp³-hybridized carbons (Fsp3) is 0.211. The molecule has 0 amide bonds. The zero-order valence-corrected chi connectivity index (χ0v) is 17.2. The Labute approximate surface area is 159 Å². The zero-order valence-electron chi connectivity index (χ0n) is 14.1. The number of carbonyl (C=O) groups excluding carboxylic acids is 1. The van der Waals surface area contributed by atoms with Gasteiger partial charge in [-0.3, -0.25) is 4.79 Å². The van der Waals surface area contributed by atoms with E-state index in [4.69, 9.17) is 4.74 Å². The van der Waals surface area contributed by atoms with Gasteiger partial charge in [-0.2, -0.15) is 0 Å². The van der Waals surface area contributed by atoms with Crippen LogP contribution in [-0.2, 0) is 0 Å². The number of phenolic OH excluding ortho intramolecular Hbond substituents is 1. The Morgan fingerprint density at radius 2 is 1.67 bits per heavy atom. The number of methoxy groups -OCH3 is 1. The van der Waals surface area contributed by atoms with Crippen LogP contribution < -0.4 is 4.74 Å². The monoisotopic (exact) mass is 454 g/mol. The molecule has 0 aliphatic rings. The maximum atomic E-state index is 12.5. The molecule has 0 aromatic heterocycles. The highest BCUT2D eigenvalue weighted by Gasteiger charge is 2.14. The number of ketones is 1. The predicted molar refractivity (Wildman–Crippen MR) is 106 cm³/mol. The third-order valence-electron chi connectivity index (χ3n) is 3.13. The highest BCUT2D eigenvalue weighted by Crippen LogP contribution is 2.28. The number of benzene rings is 2. The largest absolute Gasteiger partial charge is 0.507 e. The molecule has 0 aliphatic heterocycles. The fourth-order valence-electron chi connectivity index (χ4n) is 2.01. The molecular formula is C19H20Br2O3. The van der Waals surface area contributed by atoms with Gasteiger partial charge in [0.15, 0.2) is 5.78 Å². The van der Waals surface area contributed by atoms with E-state index in [0.717, 1.165) is 14.5 Å². The summed E-state index contributed by atoms with van der Waals surface area (Å²) in [5.74, 6) is 0.396. The minimum Gasteiger partial charge on any atom is -0.507 e. The second-order valence-corrected chi connectivity index (χ2v) is 6.54. The summed E-state index contributed by atoms with van der Waals surface area (Å²) in [6.45, 7) is 5.71. The molecule has 5 heteroatoms. The number of Topliss-reactive ketones (excluding diaryl/α,β-unsaturated/α-hetero) is 1. The van der Waals surface area contributed by atoms with Crippen LogP contribution in [0.1, 0.15) is 36.7 Å². The molecule has 0 bridgehead atoms. The van der Waals surface area contributed by atoms with Gasteiger partial charge in [0.1, 0.15) is 11.5 Å². The summed E-state index contributed by atoms with van der Waals surface area (Å²) < 4.78 is 6.95. The van der Waals surface area contributed by atoms with Crippen molar-refractivity contribution in [3.8, 4) is 11.5 Å². The van der Waals surface area contributed by atoms with E-state index >= 15 is 0 Å². The van der Waals surface area contributed by atoms with Crippen molar-refractivity contribution in [2.45, 2.75) is 20.8 Å². The number of aromatic hydroxyl groups is 1. The molecule has 24 heavy (non-hydrogen) atoms. The SMILES string of the molecule is CC.COc1cc(Br)ccc1/C=C(\C)C(=O)c1cc(Br)ccc1O. The van der Waals surface area contributed by atoms with Gasteiger partial charge >= 0.3 is 0 Å². The first-order valence-corrected chi connectivity index (χ1v) is 9.06. The standard InChI is InChI=1S/C17H14Br2O3.C2H6/c1-10(7-11-3-4-13(19)9-16(11)22-2)17(21)14-8-12(18)5-6-15(14)20;1-2/h3-9,20H,1-2H3;1-2H3/b10-7+;. The van der Waals surface area contributed by atoms with E-state index in [1.807, 2.05) is 32.0 Å². The maximum absolute atomic E-state index is 12.5. The number of allylic oxidation sites excluding steroid dienone is 1. The first-order chi connectivity index (χ1) is 11.4. The van der Waals surface area contributed by atoms with Crippen molar-refractivity contribution in [1.82, 2.24) is 0 Å². The summed E-state index contributed by atoms with van der Waals surface area (Å²) in [7, 11) is 1.58. The van der Waals surface area contributed by atoms with E-state index in [0.29, 0.717) is 11.3 Å². The molecule has 0 unspecified atom stereocenters. The third-order valence-corrected chi connectivity index (χ3v) is 4.12. The number of hydrogen-bond donors (Lipinski definition) is 1. The minimum atomic E-state index is -0.233. The number of phenols is 1. The van der Waals surface area contributed by atoms with Crippen LogP contribution >= 0.6 is 31.9 Å². The van der Waals surface area contributed by atoms with Crippen molar-refractivity contribution in [3.63, 3.8) is 0 Å². The second kappa shape index (κ2) is 9.64. The molecule has 2 aromatic rings. The lowest BCUT2D eigenvalue weighted by Gasteiger charge is -2.08. The van der Waals surface area contributed by atoms with Crippen LogP contribution in [0.4, 0.5) is 0 Å². The highest BCUT2D eigenvalue weighted by atomic mass is 79.9. The average molecular weight is 456 g/mol. The average Bonchev–Trinajstić information content (AvgIpc) is 2.59. The van der Waals surface area contributed by atoms with Crippen molar-refractivity contribution >= 4 is 43.7 Å². The Morgan fingerprint density at radius 3 is 2.29 bits per heavy atom. The van der Waals surface area contributed by atoms with Crippen molar-refractivity contribution in [2.75, 3.05) is 7.11 Å². The Kier molecular flexibility index (Phi) is 8.22. The van der Waals surface area contributed by atoms with Gasteiger partial charge in [-0.15, -0.1) is 0 Å². The summed E-state index contributed by atoms with van der Waals surface area (Å²) in [6, 6.07) is 10.4. The summed E-state index contributed by atoms with van der Waals surface area (Å²) in [5.41, 5.74) is 1.57. The Bertz CT molecular complexity index is 752. The lowest BCUT2D eigenvalue weighted by Crippen LogP contribution is -2.01. The van der Waals surface area contributed by atoms with Crippen LogP contribution in [0, 0.1) is 0 Å². The summed E-state index contributed by atoms with van der Waals surface area (Å²) in [4.78, 5) is 12.5. The number of ether oxygens (including phenoxy) is 1. The molecule has 128 valence electrons. The first-order valence-electron chi connectivity index (χ1n) is 7.47. The van der Waals surface area contributed by atoms with Crippen molar-refractivity contribution in [1.29, 1.82) is 0 Å². The quantitative estimate of drug-likeness (QED) is 0.438. The molecule has 0 saturated heterocycles. The lowest BCUT2D eigenvalue weighted by atomic mass is 10.0. The molecule has 2 rings (SSSR count). The molecule has 3 nitrogen and oxygen atoms in total. The van der Waals surface area contributed by atoms with Gasteiger partial charge < -0.3 is 9.84 Å². The zero-order chi connectivity index (χ0) is 18.3. The molecule has 0 heterocycles. The predicted octanol–water partition coefficient (Wildman–Crippen LogP) is 6.24. The highest BCUT2D eigenvalue weighted by molar-refractivity contribution is 9.10. The number of hydrogen-bond acceptors (Lipinski definition) is 3. The van der Waals surface area contributed by atoms with E-state index in [9.17, 15) is 9.90 Å². The summed E-state index contributed by atoms with van der Waals surface area (Å²) in [5, 5.41) is 9.86. The van der Waals surface area contributed by atoms with E-state index in [-0.39, 0.29) is 17.1 Å². The van der Waals surface area contributed by atoms with Gasteiger partial charge in [0.2, 0.25) is 0 Å². The van der Waals surface area contributed by atoms with Crippen LogP contribution in [0.25, 0.3) is 6.08 Å². The molecule has 2 aromatic carbocycles. The smallest absolute Gasteiger partial charge is 0.192 e. The van der Waals surface area contributed by atoms with E-state index in [1.165, 1.54) is 6.07 Å². The van der Waals surface area contributed by atoms with Gasteiger partial charge in [0.05, 0.1) is 12.7 Å². The van der Waals surface area contributed by atoms with Crippen molar-refractivity contribution in [2.24, 2.45) is 0 Å². The normalized spacial score (nSPS) is 10.7. The molecule has 1 N–H and O–H groups in total. The van der Waals surface area contributed by atoms with Crippen LogP contribution in [0.5, 0.6) is 11.5 Å². The molecule has 0 fully saturated rings. The Morgan fingerprint density at radius 1 is 1.08 bits per heavy atom. The topological polar surface area (TPSA) is 46.5 Å².